The number of amides is 2. The van der Waals surface area contributed by atoms with Crippen LogP contribution in [0.2, 0.25) is 0 Å². The monoisotopic (exact) mass is 348 g/mol. The number of hydrogen-bond donors (Lipinski definition) is 1. The van der Waals surface area contributed by atoms with Crippen LogP contribution < -0.4 is 10.2 Å². The van der Waals surface area contributed by atoms with Crippen LogP contribution in [0.1, 0.15) is 5.69 Å². The third-order valence-corrected chi connectivity index (χ3v) is 4.67. The van der Waals surface area contributed by atoms with E-state index in [9.17, 15) is 14.0 Å². The van der Waals surface area contributed by atoms with Crippen LogP contribution in [-0.4, -0.2) is 47.9 Å². The molecule has 1 aliphatic rings. The van der Waals surface area contributed by atoms with Crippen LogP contribution >= 0.6 is 11.3 Å². The number of aryl methyl sites for hydroxylation is 1. The van der Waals surface area contributed by atoms with Crippen LogP contribution in [-0.2, 0) is 9.59 Å². The maximum absolute atomic E-state index is 13.0. The predicted octanol–water partition coefficient (Wildman–Crippen LogP) is 1.88. The molecule has 2 amide bonds. The standard InChI is InChI=1S/C16H17FN4O2S/c1-11-10-24-16(18-11)19-14(22)15(23)21-8-6-20(7-9-21)13-4-2-12(17)3-5-13/h2-5,10H,6-9H2,1H3,(H,18,19,22). The molecule has 1 aromatic heterocycles. The van der Waals surface area contributed by atoms with Gasteiger partial charge in [0.15, 0.2) is 5.13 Å². The number of nitrogens with zero attached hydrogens (tertiary/aromatic N) is 3. The van der Waals surface area contributed by atoms with Gasteiger partial charge in [-0.2, -0.15) is 0 Å². The minimum Gasteiger partial charge on any atom is -0.368 e. The van der Waals surface area contributed by atoms with Crippen molar-refractivity contribution in [2.75, 3.05) is 36.4 Å². The average Bonchev–Trinajstić information content (AvgIpc) is 3.00. The molecule has 1 saturated heterocycles. The van der Waals surface area contributed by atoms with E-state index in [-0.39, 0.29) is 5.82 Å². The summed E-state index contributed by atoms with van der Waals surface area (Å²) in [6, 6.07) is 6.25. The van der Waals surface area contributed by atoms with Crippen molar-refractivity contribution < 1.29 is 14.0 Å². The quantitative estimate of drug-likeness (QED) is 0.842. The van der Waals surface area contributed by atoms with Gasteiger partial charge >= 0.3 is 11.8 Å². The fraction of sp³-hybridized carbons (Fsp3) is 0.312. The molecule has 3 rings (SSSR count). The summed E-state index contributed by atoms with van der Waals surface area (Å²) >= 11 is 1.29. The first-order valence-electron chi connectivity index (χ1n) is 7.56. The molecule has 6 nitrogen and oxygen atoms in total. The normalized spacial score (nSPS) is 14.6. The number of carbonyl (C=O) groups excluding carboxylic acids is 2. The number of rotatable bonds is 2. The summed E-state index contributed by atoms with van der Waals surface area (Å²) in [5.41, 5.74) is 1.71. The zero-order valence-electron chi connectivity index (χ0n) is 13.2. The van der Waals surface area contributed by atoms with Gasteiger partial charge < -0.3 is 9.80 Å². The Morgan fingerprint density at radius 2 is 1.83 bits per heavy atom. The van der Waals surface area contributed by atoms with E-state index in [1.807, 2.05) is 12.3 Å². The largest absolute Gasteiger partial charge is 0.368 e. The van der Waals surface area contributed by atoms with Gasteiger partial charge in [0.25, 0.3) is 0 Å². The van der Waals surface area contributed by atoms with Gasteiger partial charge in [-0.15, -0.1) is 11.3 Å². The Labute approximate surface area is 142 Å². The molecule has 0 radical (unpaired) electrons. The first kappa shape index (κ1) is 16.4. The highest BCUT2D eigenvalue weighted by Gasteiger charge is 2.26. The Hall–Kier alpha value is -2.48. The van der Waals surface area contributed by atoms with Gasteiger partial charge in [0, 0.05) is 37.2 Å². The van der Waals surface area contributed by atoms with E-state index >= 15 is 0 Å². The third-order valence-electron chi connectivity index (χ3n) is 3.79. The number of nitrogens with one attached hydrogen (secondary N) is 1. The molecule has 1 aromatic carbocycles. The fourth-order valence-electron chi connectivity index (χ4n) is 2.53. The second-order valence-corrected chi connectivity index (χ2v) is 6.36. The summed E-state index contributed by atoms with van der Waals surface area (Å²) in [6.45, 7) is 3.91. The van der Waals surface area contributed by atoms with E-state index in [2.05, 4.69) is 15.2 Å². The van der Waals surface area contributed by atoms with Gasteiger partial charge in [-0.1, -0.05) is 0 Å². The Morgan fingerprint density at radius 1 is 1.17 bits per heavy atom. The summed E-state index contributed by atoms with van der Waals surface area (Å²) in [6.07, 6.45) is 0. The molecule has 0 atom stereocenters. The predicted molar refractivity (Wildman–Crippen MR) is 90.7 cm³/mol. The second-order valence-electron chi connectivity index (χ2n) is 5.50. The van der Waals surface area contributed by atoms with E-state index in [0.29, 0.717) is 31.3 Å². The number of halogens is 1. The van der Waals surface area contributed by atoms with Gasteiger partial charge in [-0.25, -0.2) is 9.37 Å². The number of piperazine rings is 1. The molecule has 0 spiro atoms. The lowest BCUT2D eigenvalue weighted by Gasteiger charge is -2.35. The van der Waals surface area contributed by atoms with Crippen molar-refractivity contribution in [1.82, 2.24) is 9.88 Å². The van der Waals surface area contributed by atoms with Crippen LogP contribution in [0.15, 0.2) is 29.6 Å². The van der Waals surface area contributed by atoms with E-state index in [1.54, 1.807) is 12.1 Å². The van der Waals surface area contributed by atoms with Crippen molar-refractivity contribution >= 4 is 34.0 Å². The minimum absolute atomic E-state index is 0.276. The molecule has 2 aromatic rings. The lowest BCUT2D eigenvalue weighted by Crippen LogP contribution is -2.51. The molecule has 8 heteroatoms. The average molecular weight is 348 g/mol. The number of hydrogen-bond acceptors (Lipinski definition) is 5. The molecule has 0 unspecified atom stereocenters. The third kappa shape index (κ3) is 3.70. The lowest BCUT2D eigenvalue weighted by molar-refractivity contribution is -0.143. The molecule has 1 N–H and O–H groups in total. The highest BCUT2D eigenvalue weighted by molar-refractivity contribution is 7.14. The highest BCUT2D eigenvalue weighted by atomic mass is 32.1. The van der Waals surface area contributed by atoms with Gasteiger partial charge in [-0.3, -0.25) is 14.9 Å². The summed E-state index contributed by atoms with van der Waals surface area (Å²) < 4.78 is 13.0. The van der Waals surface area contributed by atoms with E-state index in [1.165, 1.54) is 28.4 Å². The fourth-order valence-corrected chi connectivity index (χ4v) is 3.21. The number of benzene rings is 1. The van der Waals surface area contributed by atoms with Crippen LogP contribution in [0.3, 0.4) is 0 Å². The van der Waals surface area contributed by atoms with Crippen molar-refractivity contribution in [1.29, 1.82) is 0 Å². The molecular formula is C16H17FN4O2S. The molecule has 2 heterocycles. The molecule has 1 aliphatic heterocycles. The first-order chi connectivity index (χ1) is 11.5. The van der Waals surface area contributed by atoms with E-state index in [0.717, 1.165) is 11.4 Å². The molecule has 24 heavy (non-hydrogen) atoms. The summed E-state index contributed by atoms with van der Waals surface area (Å²) in [7, 11) is 0. The Morgan fingerprint density at radius 3 is 2.42 bits per heavy atom. The van der Waals surface area contributed by atoms with Gasteiger partial charge in [0.2, 0.25) is 0 Å². The van der Waals surface area contributed by atoms with Crippen LogP contribution in [0, 0.1) is 12.7 Å². The van der Waals surface area contributed by atoms with E-state index in [4.69, 9.17) is 0 Å². The maximum Gasteiger partial charge on any atom is 0.315 e. The zero-order valence-corrected chi connectivity index (χ0v) is 14.0. The van der Waals surface area contributed by atoms with Gasteiger partial charge in [-0.05, 0) is 31.2 Å². The summed E-state index contributed by atoms with van der Waals surface area (Å²) in [4.78, 5) is 31.9. The van der Waals surface area contributed by atoms with Crippen LogP contribution in [0.5, 0.6) is 0 Å². The molecule has 0 aliphatic carbocycles. The SMILES string of the molecule is Cc1csc(NC(=O)C(=O)N2CCN(c3ccc(F)cc3)CC2)n1. The summed E-state index contributed by atoms with van der Waals surface area (Å²) in [5, 5.41) is 4.76. The highest BCUT2D eigenvalue weighted by Crippen LogP contribution is 2.18. The van der Waals surface area contributed by atoms with Crippen molar-refractivity contribution in [3.8, 4) is 0 Å². The molecule has 0 bridgehead atoms. The molecule has 0 saturated carbocycles. The topological polar surface area (TPSA) is 65.5 Å². The molecule has 1 fully saturated rings. The lowest BCUT2D eigenvalue weighted by atomic mass is 10.2. The number of thiazole rings is 1. The van der Waals surface area contributed by atoms with Crippen LogP contribution in [0.25, 0.3) is 0 Å². The Balaban J connectivity index is 1.54. The Kier molecular flexibility index (Phi) is 4.75. The summed E-state index contributed by atoms with van der Waals surface area (Å²) in [5.74, 6) is -1.50. The Bertz CT molecular complexity index is 739. The second kappa shape index (κ2) is 6.96. The number of anilines is 2. The molecular weight excluding hydrogens is 331 g/mol. The van der Waals surface area contributed by atoms with E-state index < -0.39 is 11.8 Å². The van der Waals surface area contributed by atoms with Gasteiger partial charge in [0.1, 0.15) is 5.82 Å². The number of carbonyl (C=O) groups is 2. The van der Waals surface area contributed by atoms with Crippen molar-refractivity contribution in [2.24, 2.45) is 0 Å². The zero-order chi connectivity index (χ0) is 17.1. The van der Waals surface area contributed by atoms with Crippen molar-refractivity contribution in [3.63, 3.8) is 0 Å². The maximum atomic E-state index is 13.0. The first-order valence-corrected chi connectivity index (χ1v) is 8.44. The van der Waals surface area contributed by atoms with Crippen molar-refractivity contribution in [3.05, 3.63) is 41.2 Å². The number of aromatic nitrogens is 1. The van der Waals surface area contributed by atoms with Crippen molar-refractivity contribution in [2.45, 2.75) is 6.92 Å². The van der Waals surface area contributed by atoms with Gasteiger partial charge in [0.05, 0.1) is 5.69 Å². The minimum atomic E-state index is -0.667. The molecule has 126 valence electrons. The van der Waals surface area contributed by atoms with Crippen LogP contribution in [0.4, 0.5) is 15.2 Å². The smallest absolute Gasteiger partial charge is 0.315 e.